The lowest BCUT2D eigenvalue weighted by molar-refractivity contribution is -0.130. The minimum Gasteiger partial charge on any atom is -0.342 e. The number of amides is 1. The molecule has 16 heavy (non-hydrogen) atoms. The number of hydrogen-bond donors (Lipinski definition) is 2. The van der Waals surface area contributed by atoms with Crippen LogP contribution in [0.4, 0.5) is 0 Å². The Morgan fingerprint density at radius 2 is 2.38 bits per heavy atom. The second-order valence-electron chi connectivity index (χ2n) is 4.56. The van der Waals surface area contributed by atoms with Crippen molar-refractivity contribution in [3.63, 3.8) is 0 Å². The molecule has 0 bridgehead atoms. The van der Waals surface area contributed by atoms with Crippen LogP contribution in [-0.2, 0) is 4.79 Å². The summed E-state index contributed by atoms with van der Waals surface area (Å²) >= 11 is 0. The van der Waals surface area contributed by atoms with Gasteiger partial charge in [-0.2, -0.15) is 0 Å². The second-order valence-corrected chi connectivity index (χ2v) is 4.56. The van der Waals surface area contributed by atoms with E-state index in [2.05, 4.69) is 23.5 Å². The van der Waals surface area contributed by atoms with Crippen LogP contribution in [0.25, 0.3) is 0 Å². The Hall–Kier alpha value is -1.01. The molecule has 0 aromatic rings. The molecule has 0 aromatic heterocycles. The van der Waals surface area contributed by atoms with Gasteiger partial charge in [0.25, 0.3) is 0 Å². The largest absolute Gasteiger partial charge is 0.342 e. The van der Waals surface area contributed by atoms with Gasteiger partial charge in [0.2, 0.25) is 5.91 Å². The standard InChI is InChI=1S/C13H22N2O/c1-4-7-13(8-9-14-10-13)12(16)15-11(5-2)6-3/h2,11,14H,4,6-10H2,1,3H3,(H,15,16). The molecule has 3 heteroatoms. The van der Waals surface area contributed by atoms with Crippen molar-refractivity contribution in [2.24, 2.45) is 5.41 Å². The zero-order chi connectivity index (χ0) is 12.0. The molecule has 0 aliphatic carbocycles. The highest BCUT2D eigenvalue weighted by atomic mass is 16.2. The summed E-state index contributed by atoms with van der Waals surface area (Å²) in [7, 11) is 0. The summed E-state index contributed by atoms with van der Waals surface area (Å²) in [5.74, 6) is 2.74. The van der Waals surface area contributed by atoms with Crippen LogP contribution in [0.15, 0.2) is 0 Å². The van der Waals surface area contributed by atoms with Gasteiger partial charge < -0.3 is 10.6 Å². The van der Waals surface area contributed by atoms with E-state index in [-0.39, 0.29) is 17.4 Å². The third kappa shape index (κ3) is 2.76. The molecule has 2 unspecified atom stereocenters. The predicted molar refractivity (Wildman–Crippen MR) is 65.9 cm³/mol. The fourth-order valence-corrected chi connectivity index (χ4v) is 2.32. The Balaban J connectivity index is 2.65. The first kappa shape index (κ1) is 13.1. The van der Waals surface area contributed by atoms with Crippen molar-refractivity contribution in [2.45, 2.75) is 45.6 Å². The van der Waals surface area contributed by atoms with Crippen LogP contribution in [-0.4, -0.2) is 25.0 Å². The van der Waals surface area contributed by atoms with Gasteiger partial charge in [-0.15, -0.1) is 6.42 Å². The van der Waals surface area contributed by atoms with Crippen molar-refractivity contribution in [1.29, 1.82) is 0 Å². The summed E-state index contributed by atoms with van der Waals surface area (Å²) in [5.41, 5.74) is -0.223. The molecule has 1 fully saturated rings. The Morgan fingerprint density at radius 3 is 2.81 bits per heavy atom. The van der Waals surface area contributed by atoms with E-state index in [0.29, 0.717) is 0 Å². The molecule has 2 N–H and O–H groups in total. The lowest BCUT2D eigenvalue weighted by Gasteiger charge is -2.27. The molecule has 1 amide bonds. The zero-order valence-corrected chi connectivity index (χ0v) is 10.3. The summed E-state index contributed by atoms with van der Waals surface area (Å²) in [5, 5.41) is 6.24. The van der Waals surface area contributed by atoms with E-state index in [4.69, 9.17) is 6.42 Å². The SMILES string of the molecule is C#CC(CC)NC(=O)C1(CCC)CCNC1. The molecule has 1 heterocycles. The molecule has 0 radical (unpaired) electrons. The average Bonchev–Trinajstić information content (AvgIpc) is 2.76. The van der Waals surface area contributed by atoms with E-state index >= 15 is 0 Å². The zero-order valence-electron chi connectivity index (χ0n) is 10.3. The quantitative estimate of drug-likeness (QED) is 0.688. The number of hydrogen-bond acceptors (Lipinski definition) is 2. The molecular formula is C13H22N2O. The molecule has 3 nitrogen and oxygen atoms in total. The van der Waals surface area contributed by atoms with Crippen molar-refractivity contribution in [3.8, 4) is 12.3 Å². The molecule has 0 saturated carbocycles. The summed E-state index contributed by atoms with van der Waals surface area (Å²) < 4.78 is 0. The summed E-state index contributed by atoms with van der Waals surface area (Å²) in [4.78, 5) is 12.2. The van der Waals surface area contributed by atoms with E-state index in [9.17, 15) is 4.79 Å². The number of carbonyl (C=O) groups excluding carboxylic acids is 1. The maximum Gasteiger partial charge on any atom is 0.228 e. The number of rotatable bonds is 5. The van der Waals surface area contributed by atoms with Gasteiger partial charge in [-0.1, -0.05) is 26.2 Å². The molecule has 1 rings (SSSR count). The van der Waals surface area contributed by atoms with Gasteiger partial charge in [0.15, 0.2) is 0 Å². The summed E-state index contributed by atoms with van der Waals surface area (Å²) in [6.45, 7) is 5.82. The fourth-order valence-electron chi connectivity index (χ4n) is 2.32. The highest BCUT2D eigenvalue weighted by Crippen LogP contribution is 2.31. The smallest absolute Gasteiger partial charge is 0.228 e. The van der Waals surface area contributed by atoms with Gasteiger partial charge >= 0.3 is 0 Å². The Bertz CT molecular complexity index is 274. The fraction of sp³-hybridized carbons (Fsp3) is 0.769. The number of terminal acetylenes is 1. The first-order valence-electron chi connectivity index (χ1n) is 6.16. The van der Waals surface area contributed by atoms with Crippen LogP contribution in [0.3, 0.4) is 0 Å². The van der Waals surface area contributed by atoms with Crippen molar-refractivity contribution >= 4 is 5.91 Å². The third-order valence-corrected chi connectivity index (χ3v) is 3.37. The minimum atomic E-state index is -0.223. The Morgan fingerprint density at radius 1 is 1.62 bits per heavy atom. The summed E-state index contributed by atoms with van der Waals surface area (Å²) in [6, 6.07) is -0.123. The Labute approximate surface area is 98.4 Å². The van der Waals surface area contributed by atoms with Crippen molar-refractivity contribution in [1.82, 2.24) is 10.6 Å². The first-order chi connectivity index (χ1) is 7.68. The molecule has 0 aromatic carbocycles. The van der Waals surface area contributed by atoms with Gasteiger partial charge in [0.05, 0.1) is 11.5 Å². The molecule has 1 aliphatic rings. The third-order valence-electron chi connectivity index (χ3n) is 3.37. The van der Waals surface area contributed by atoms with Crippen molar-refractivity contribution < 1.29 is 4.79 Å². The lowest BCUT2D eigenvalue weighted by atomic mass is 9.81. The van der Waals surface area contributed by atoms with Crippen LogP contribution in [0.1, 0.15) is 39.5 Å². The van der Waals surface area contributed by atoms with Crippen LogP contribution in [0.5, 0.6) is 0 Å². The first-order valence-corrected chi connectivity index (χ1v) is 6.16. The van der Waals surface area contributed by atoms with Crippen LogP contribution in [0, 0.1) is 17.8 Å². The topological polar surface area (TPSA) is 41.1 Å². The van der Waals surface area contributed by atoms with Crippen LogP contribution in [0.2, 0.25) is 0 Å². The van der Waals surface area contributed by atoms with E-state index in [1.165, 1.54) is 0 Å². The molecule has 1 aliphatic heterocycles. The number of nitrogens with one attached hydrogen (secondary N) is 2. The van der Waals surface area contributed by atoms with E-state index < -0.39 is 0 Å². The highest BCUT2D eigenvalue weighted by Gasteiger charge is 2.40. The Kier molecular flexibility index (Phi) is 4.82. The van der Waals surface area contributed by atoms with Gasteiger partial charge in [0.1, 0.15) is 0 Å². The second kappa shape index (κ2) is 5.91. The van der Waals surface area contributed by atoms with E-state index in [1.807, 2.05) is 6.92 Å². The molecular weight excluding hydrogens is 200 g/mol. The van der Waals surface area contributed by atoms with E-state index in [1.54, 1.807) is 0 Å². The molecule has 1 saturated heterocycles. The van der Waals surface area contributed by atoms with Crippen LogP contribution >= 0.6 is 0 Å². The lowest BCUT2D eigenvalue weighted by Crippen LogP contribution is -2.46. The van der Waals surface area contributed by atoms with Crippen molar-refractivity contribution in [3.05, 3.63) is 0 Å². The maximum atomic E-state index is 12.2. The van der Waals surface area contributed by atoms with Gasteiger partial charge in [-0.05, 0) is 25.8 Å². The number of carbonyl (C=O) groups is 1. The normalized spacial score (nSPS) is 26.1. The van der Waals surface area contributed by atoms with Crippen LogP contribution < -0.4 is 10.6 Å². The monoisotopic (exact) mass is 222 g/mol. The minimum absolute atomic E-state index is 0.123. The van der Waals surface area contributed by atoms with Gasteiger partial charge in [-0.25, -0.2) is 0 Å². The van der Waals surface area contributed by atoms with Crippen molar-refractivity contribution in [2.75, 3.05) is 13.1 Å². The van der Waals surface area contributed by atoms with Gasteiger partial charge in [-0.3, -0.25) is 4.79 Å². The molecule has 90 valence electrons. The van der Waals surface area contributed by atoms with Gasteiger partial charge in [0, 0.05) is 6.54 Å². The van der Waals surface area contributed by atoms with E-state index in [0.717, 1.165) is 38.8 Å². The maximum absolute atomic E-state index is 12.2. The predicted octanol–water partition coefficient (Wildman–Crippen LogP) is 1.29. The summed E-state index contributed by atoms with van der Waals surface area (Å²) in [6.07, 6.45) is 9.05. The molecule has 2 atom stereocenters. The molecule has 0 spiro atoms. The highest BCUT2D eigenvalue weighted by molar-refractivity contribution is 5.83. The average molecular weight is 222 g/mol.